The summed E-state index contributed by atoms with van der Waals surface area (Å²) in [5, 5.41) is 4.02. The second-order valence-corrected chi connectivity index (χ2v) is 4.93. The van der Waals surface area contributed by atoms with Gasteiger partial charge in [0, 0.05) is 0 Å². The SMILES string of the molecule is Clc1ccc(OCC23CC(CN2)C3)cn1. The third-order valence-corrected chi connectivity index (χ3v) is 3.56. The molecule has 0 unspecified atom stereocenters. The molecule has 3 nitrogen and oxygen atoms in total. The van der Waals surface area contributed by atoms with Crippen LogP contribution in [0.25, 0.3) is 0 Å². The van der Waals surface area contributed by atoms with Crippen LogP contribution in [-0.2, 0) is 0 Å². The Morgan fingerprint density at radius 1 is 1.53 bits per heavy atom. The first kappa shape index (κ1) is 9.43. The number of ether oxygens (including phenoxy) is 1. The molecular weight excluding hydrogens is 212 g/mol. The quantitative estimate of drug-likeness (QED) is 0.796. The molecule has 1 aliphatic carbocycles. The van der Waals surface area contributed by atoms with Gasteiger partial charge in [-0.05, 0) is 37.4 Å². The van der Waals surface area contributed by atoms with Gasteiger partial charge >= 0.3 is 0 Å². The van der Waals surface area contributed by atoms with Crippen molar-refractivity contribution in [3.8, 4) is 5.75 Å². The van der Waals surface area contributed by atoms with Gasteiger partial charge in [0.05, 0.1) is 11.7 Å². The van der Waals surface area contributed by atoms with E-state index in [9.17, 15) is 0 Å². The van der Waals surface area contributed by atoms with Crippen molar-refractivity contribution in [2.24, 2.45) is 5.92 Å². The number of nitrogens with one attached hydrogen (secondary N) is 1. The molecule has 1 aromatic heterocycles. The Kier molecular flexibility index (Phi) is 2.11. The molecule has 4 heteroatoms. The lowest BCUT2D eigenvalue weighted by Crippen LogP contribution is -2.48. The zero-order chi connectivity index (χ0) is 10.3. The summed E-state index contributed by atoms with van der Waals surface area (Å²) >= 11 is 5.70. The van der Waals surface area contributed by atoms with Crippen LogP contribution in [-0.4, -0.2) is 23.7 Å². The molecule has 3 fully saturated rings. The highest BCUT2D eigenvalue weighted by molar-refractivity contribution is 6.29. The summed E-state index contributed by atoms with van der Waals surface area (Å²) in [7, 11) is 0. The molecule has 1 aromatic rings. The normalized spacial score (nSPS) is 32.5. The standard InChI is InChI=1S/C11H13ClN2O/c12-10-2-1-9(6-13-10)15-7-11-3-8(4-11)5-14-11/h1-2,6,8,14H,3-5,7H2. The Hall–Kier alpha value is -0.800. The van der Waals surface area contributed by atoms with Crippen molar-refractivity contribution in [3.05, 3.63) is 23.5 Å². The highest BCUT2D eigenvalue weighted by Gasteiger charge is 2.50. The van der Waals surface area contributed by atoms with Crippen LogP contribution in [0, 0.1) is 5.92 Å². The smallest absolute Gasteiger partial charge is 0.137 e. The molecule has 0 spiro atoms. The summed E-state index contributed by atoms with van der Waals surface area (Å²) in [4.78, 5) is 3.98. The van der Waals surface area contributed by atoms with Crippen LogP contribution >= 0.6 is 11.6 Å². The first-order chi connectivity index (χ1) is 7.26. The number of hydrogen-bond donors (Lipinski definition) is 1. The molecule has 80 valence electrons. The highest BCUT2D eigenvalue weighted by Crippen LogP contribution is 2.43. The topological polar surface area (TPSA) is 34.1 Å². The fourth-order valence-electron chi connectivity index (χ4n) is 2.53. The molecule has 3 heterocycles. The Morgan fingerprint density at radius 2 is 2.40 bits per heavy atom. The number of hydrogen-bond acceptors (Lipinski definition) is 3. The first-order valence-electron chi connectivity index (χ1n) is 5.25. The molecule has 3 aliphatic rings. The Balaban J connectivity index is 1.60. The van der Waals surface area contributed by atoms with E-state index in [1.165, 1.54) is 12.8 Å². The molecular formula is C11H13ClN2O. The van der Waals surface area contributed by atoms with Gasteiger partial charge in [-0.25, -0.2) is 4.98 Å². The van der Waals surface area contributed by atoms with Crippen LogP contribution in [0.5, 0.6) is 5.75 Å². The number of rotatable bonds is 3. The second kappa shape index (κ2) is 3.35. The van der Waals surface area contributed by atoms with E-state index >= 15 is 0 Å². The molecule has 2 saturated heterocycles. The predicted molar refractivity (Wildman–Crippen MR) is 58.2 cm³/mol. The van der Waals surface area contributed by atoms with Crippen LogP contribution in [0.2, 0.25) is 5.15 Å². The number of fused-ring (bicyclic) bond motifs is 1. The Morgan fingerprint density at radius 3 is 3.00 bits per heavy atom. The van der Waals surface area contributed by atoms with Crippen molar-refractivity contribution in [2.45, 2.75) is 18.4 Å². The maximum absolute atomic E-state index is 5.70. The number of halogens is 1. The van der Waals surface area contributed by atoms with E-state index in [0.29, 0.717) is 5.15 Å². The molecule has 0 aromatic carbocycles. The van der Waals surface area contributed by atoms with Crippen molar-refractivity contribution in [2.75, 3.05) is 13.2 Å². The summed E-state index contributed by atoms with van der Waals surface area (Å²) in [5.41, 5.74) is 0.254. The lowest BCUT2D eigenvalue weighted by molar-refractivity contribution is 0.130. The summed E-state index contributed by atoms with van der Waals surface area (Å²) in [6, 6.07) is 3.61. The van der Waals surface area contributed by atoms with E-state index in [2.05, 4.69) is 10.3 Å². The van der Waals surface area contributed by atoms with Gasteiger partial charge in [0.15, 0.2) is 0 Å². The molecule has 0 radical (unpaired) electrons. The van der Waals surface area contributed by atoms with Crippen LogP contribution in [0.15, 0.2) is 18.3 Å². The average molecular weight is 225 g/mol. The van der Waals surface area contributed by atoms with E-state index in [1.54, 1.807) is 12.3 Å². The van der Waals surface area contributed by atoms with Crippen LogP contribution in [0.3, 0.4) is 0 Å². The second-order valence-electron chi connectivity index (χ2n) is 4.54. The fourth-order valence-corrected chi connectivity index (χ4v) is 2.64. The van der Waals surface area contributed by atoms with E-state index in [4.69, 9.17) is 16.3 Å². The summed E-state index contributed by atoms with van der Waals surface area (Å²) in [6.45, 7) is 1.90. The van der Waals surface area contributed by atoms with E-state index < -0.39 is 0 Å². The number of nitrogens with zero attached hydrogens (tertiary/aromatic N) is 1. The van der Waals surface area contributed by atoms with Gasteiger partial charge < -0.3 is 10.1 Å². The minimum atomic E-state index is 0.254. The monoisotopic (exact) mass is 224 g/mol. The minimum Gasteiger partial charge on any atom is -0.490 e. The van der Waals surface area contributed by atoms with Gasteiger partial charge in [-0.2, -0.15) is 0 Å². The minimum absolute atomic E-state index is 0.254. The molecule has 1 saturated carbocycles. The number of aromatic nitrogens is 1. The van der Waals surface area contributed by atoms with E-state index in [1.807, 2.05) is 6.07 Å². The van der Waals surface area contributed by atoms with E-state index in [0.717, 1.165) is 24.8 Å². The third kappa shape index (κ3) is 1.70. The largest absolute Gasteiger partial charge is 0.490 e. The third-order valence-electron chi connectivity index (χ3n) is 3.34. The average Bonchev–Trinajstić information content (AvgIpc) is 2.76. The first-order valence-corrected chi connectivity index (χ1v) is 5.63. The zero-order valence-corrected chi connectivity index (χ0v) is 9.13. The summed E-state index contributed by atoms with van der Waals surface area (Å²) in [5.74, 6) is 1.68. The lowest BCUT2D eigenvalue weighted by Gasteiger charge is -2.37. The van der Waals surface area contributed by atoms with Crippen molar-refractivity contribution in [1.82, 2.24) is 10.3 Å². The molecule has 1 N–H and O–H groups in total. The van der Waals surface area contributed by atoms with Gasteiger partial charge in [-0.15, -0.1) is 0 Å². The molecule has 4 rings (SSSR count). The maximum Gasteiger partial charge on any atom is 0.137 e. The zero-order valence-electron chi connectivity index (χ0n) is 8.37. The molecule has 0 amide bonds. The van der Waals surface area contributed by atoms with Crippen LogP contribution in [0.1, 0.15) is 12.8 Å². The summed E-state index contributed by atoms with van der Waals surface area (Å²) in [6.07, 6.45) is 4.19. The van der Waals surface area contributed by atoms with Crippen LogP contribution < -0.4 is 10.1 Å². The molecule has 0 atom stereocenters. The summed E-state index contributed by atoms with van der Waals surface area (Å²) < 4.78 is 5.70. The van der Waals surface area contributed by atoms with E-state index in [-0.39, 0.29) is 5.54 Å². The fraction of sp³-hybridized carbons (Fsp3) is 0.545. The number of pyridine rings is 1. The molecule has 2 bridgehead atoms. The Labute approximate surface area is 93.8 Å². The molecule has 2 aliphatic heterocycles. The van der Waals surface area contributed by atoms with Gasteiger partial charge in [-0.3, -0.25) is 0 Å². The van der Waals surface area contributed by atoms with Gasteiger partial charge in [-0.1, -0.05) is 11.6 Å². The van der Waals surface area contributed by atoms with Crippen molar-refractivity contribution in [1.29, 1.82) is 0 Å². The highest BCUT2D eigenvalue weighted by atomic mass is 35.5. The van der Waals surface area contributed by atoms with Gasteiger partial charge in [0.2, 0.25) is 0 Å². The lowest BCUT2D eigenvalue weighted by atomic mass is 9.74. The van der Waals surface area contributed by atoms with Crippen molar-refractivity contribution >= 4 is 11.6 Å². The van der Waals surface area contributed by atoms with Crippen LogP contribution in [0.4, 0.5) is 0 Å². The van der Waals surface area contributed by atoms with Crippen molar-refractivity contribution in [3.63, 3.8) is 0 Å². The predicted octanol–water partition coefficient (Wildman–Crippen LogP) is 1.87. The molecule has 15 heavy (non-hydrogen) atoms. The van der Waals surface area contributed by atoms with Gasteiger partial charge in [0.1, 0.15) is 17.5 Å². The van der Waals surface area contributed by atoms with Crippen molar-refractivity contribution < 1.29 is 4.74 Å². The maximum atomic E-state index is 5.70. The Bertz CT molecular complexity index is 354. The van der Waals surface area contributed by atoms with Gasteiger partial charge in [0.25, 0.3) is 0 Å².